The summed E-state index contributed by atoms with van der Waals surface area (Å²) in [5, 5.41) is 0.975. The third-order valence-electron chi connectivity index (χ3n) is 5.06. The fourth-order valence-electron chi connectivity index (χ4n) is 3.53. The molecule has 1 atom stereocenters. The van der Waals surface area contributed by atoms with Crippen molar-refractivity contribution < 1.29 is 8.42 Å². The summed E-state index contributed by atoms with van der Waals surface area (Å²) in [6.45, 7) is 5.83. The molecule has 0 saturated heterocycles. The van der Waals surface area contributed by atoms with E-state index in [0.717, 1.165) is 33.2 Å². The highest BCUT2D eigenvalue weighted by atomic mass is 32.2. The van der Waals surface area contributed by atoms with E-state index in [1.54, 1.807) is 30.3 Å². The van der Waals surface area contributed by atoms with Crippen LogP contribution in [0.1, 0.15) is 28.3 Å². The molecule has 0 aliphatic carbocycles. The molecule has 0 aliphatic rings. The van der Waals surface area contributed by atoms with Crippen molar-refractivity contribution in [2.24, 2.45) is 0 Å². The van der Waals surface area contributed by atoms with Crippen LogP contribution in [0.25, 0.3) is 17.0 Å². The zero-order valence-electron chi connectivity index (χ0n) is 16.1. The van der Waals surface area contributed by atoms with Gasteiger partial charge in [-0.3, -0.25) is 0 Å². The SMILES string of the molecule is C=Cc1ccccc1[C@@H](NS(=O)(=O)c1ccc(C)cc1)c1c[nH]c2ccccc12. The van der Waals surface area contributed by atoms with Gasteiger partial charge in [0, 0.05) is 17.1 Å². The van der Waals surface area contributed by atoms with E-state index in [0.29, 0.717) is 0 Å². The molecule has 3 aromatic carbocycles. The van der Waals surface area contributed by atoms with Gasteiger partial charge in [-0.2, -0.15) is 4.72 Å². The second-order valence-electron chi connectivity index (χ2n) is 6.99. The molecule has 0 fully saturated rings. The van der Waals surface area contributed by atoms with E-state index in [-0.39, 0.29) is 4.90 Å². The Morgan fingerprint density at radius 1 is 0.931 bits per heavy atom. The number of aromatic nitrogens is 1. The Hall–Kier alpha value is -3.15. The molecule has 5 heteroatoms. The predicted molar refractivity (Wildman–Crippen MR) is 118 cm³/mol. The maximum absolute atomic E-state index is 13.2. The average Bonchev–Trinajstić information content (AvgIpc) is 3.16. The molecule has 0 spiro atoms. The highest BCUT2D eigenvalue weighted by Gasteiger charge is 2.26. The average molecular weight is 403 g/mol. The second-order valence-corrected chi connectivity index (χ2v) is 8.70. The van der Waals surface area contributed by atoms with E-state index in [2.05, 4.69) is 16.3 Å². The Kier molecular flexibility index (Phi) is 5.09. The summed E-state index contributed by atoms with van der Waals surface area (Å²) in [5.74, 6) is 0. The molecular formula is C24H22N2O2S. The van der Waals surface area contributed by atoms with E-state index >= 15 is 0 Å². The minimum atomic E-state index is -3.74. The number of aromatic amines is 1. The zero-order chi connectivity index (χ0) is 20.4. The summed E-state index contributed by atoms with van der Waals surface area (Å²) >= 11 is 0. The summed E-state index contributed by atoms with van der Waals surface area (Å²) < 4.78 is 29.3. The lowest BCUT2D eigenvalue weighted by Gasteiger charge is -2.21. The number of hydrogen-bond acceptors (Lipinski definition) is 2. The van der Waals surface area contributed by atoms with Crippen molar-refractivity contribution in [2.45, 2.75) is 17.9 Å². The van der Waals surface area contributed by atoms with Gasteiger partial charge >= 0.3 is 0 Å². The molecule has 0 bridgehead atoms. The van der Waals surface area contributed by atoms with Crippen molar-refractivity contribution in [3.05, 3.63) is 108 Å². The molecule has 0 saturated carbocycles. The van der Waals surface area contributed by atoms with Crippen molar-refractivity contribution in [1.29, 1.82) is 0 Å². The Bertz CT molecular complexity index is 1270. The van der Waals surface area contributed by atoms with Crippen LogP contribution >= 0.6 is 0 Å². The van der Waals surface area contributed by atoms with Crippen LogP contribution in [0.3, 0.4) is 0 Å². The van der Waals surface area contributed by atoms with E-state index in [9.17, 15) is 8.42 Å². The summed E-state index contributed by atoms with van der Waals surface area (Å²) in [4.78, 5) is 3.49. The van der Waals surface area contributed by atoms with Crippen LogP contribution in [-0.2, 0) is 10.0 Å². The molecule has 0 amide bonds. The van der Waals surface area contributed by atoms with E-state index in [1.165, 1.54) is 0 Å². The van der Waals surface area contributed by atoms with E-state index in [1.807, 2.05) is 61.7 Å². The largest absolute Gasteiger partial charge is 0.361 e. The molecule has 0 radical (unpaired) electrons. The van der Waals surface area contributed by atoms with Crippen LogP contribution in [0.4, 0.5) is 0 Å². The molecule has 4 nitrogen and oxygen atoms in total. The molecule has 0 unspecified atom stereocenters. The predicted octanol–water partition coefficient (Wildman–Crippen LogP) is 5.19. The number of aryl methyl sites for hydroxylation is 1. The van der Waals surface area contributed by atoms with Crippen LogP contribution in [-0.4, -0.2) is 13.4 Å². The Balaban J connectivity index is 1.87. The van der Waals surface area contributed by atoms with E-state index in [4.69, 9.17) is 0 Å². The first kappa shape index (κ1) is 19.2. The summed E-state index contributed by atoms with van der Waals surface area (Å²) in [6, 6.07) is 21.8. The van der Waals surface area contributed by atoms with Gasteiger partial charge in [-0.05, 0) is 41.8 Å². The number of fused-ring (bicyclic) bond motifs is 1. The van der Waals surface area contributed by atoms with Crippen molar-refractivity contribution in [1.82, 2.24) is 9.71 Å². The molecule has 1 heterocycles. The van der Waals surface area contributed by atoms with Gasteiger partial charge in [-0.1, -0.05) is 72.8 Å². The van der Waals surface area contributed by atoms with Gasteiger partial charge in [0.2, 0.25) is 10.0 Å². The molecule has 0 aliphatic heterocycles. The van der Waals surface area contributed by atoms with Gasteiger partial charge in [-0.15, -0.1) is 0 Å². The Morgan fingerprint density at radius 3 is 2.38 bits per heavy atom. The number of para-hydroxylation sites is 1. The minimum absolute atomic E-state index is 0.240. The molecule has 4 aromatic rings. The molecule has 29 heavy (non-hydrogen) atoms. The number of sulfonamides is 1. The van der Waals surface area contributed by atoms with Crippen LogP contribution in [0.2, 0.25) is 0 Å². The maximum Gasteiger partial charge on any atom is 0.241 e. The molecule has 2 N–H and O–H groups in total. The van der Waals surface area contributed by atoms with Gasteiger partial charge < -0.3 is 4.98 Å². The Morgan fingerprint density at radius 2 is 1.62 bits per heavy atom. The Labute approximate surface area is 171 Å². The smallest absolute Gasteiger partial charge is 0.241 e. The first-order chi connectivity index (χ1) is 14.0. The van der Waals surface area contributed by atoms with Gasteiger partial charge in [0.1, 0.15) is 0 Å². The lowest BCUT2D eigenvalue weighted by Crippen LogP contribution is -2.29. The lowest BCUT2D eigenvalue weighted by atomic mass is 9.95. The van der Waals surface area contributed by atoms with Crippen molar-refractivity contribution in [2.75, 3.05) is 0 Å². The third-order valence-corrected chi connectivity index (χ3v) is 6.50. The normalized spacial score (nSPS) is 12.7. The van der Waals surface area contributed by atoms with Gasteiger partial charge in [0.05, 0.1) is 10.9 Å². The standard InChI is InChI=1S/C24H22N2O2S/c1-3-18-8-4-5-9-20(18)24(22-16-25-23-11-7-6-10-21(22)23)26-29(27,28)19-14-12-17(2)13-15-19/h3-16,24-26H,1H2,2H3/t24-/m1/s1. The number of nitrogens with one attached hydrogen (secondary N) is 2. The number of benzene rings is 3. The van der Waals surface area contributed by atoms with Crippen LogP contribution in [0, 0.1) is 6.92 Å². The van der Waals surface area contributed by atoms with Crippen molar-refractivity contribution >= 4 is 27.0 Å². The highest BCUT2D eigenvalue weighted by molar-refractivity contribution is 7.89. The monoisotopic (exact) mass is 402 g/mol. The summed E-state index contributed by atoms with van der Waals surface area (Å²) in [6.07, 6.45) is 3.62. The third kappa shape index (κ3) is 3.75. The zero-order valence-corrected chi connectivity index (χ0v) is 16.9. The highest BCUT2D eigenvalue weighted by Crippen LogP contribution is 2.32. The summed E-state index contributed by atoms with van der Waals surface area (Å²) in [5.41, 5.74) is 4.56. The number of hydrogen-bond donors (Lipinski definition) is 2. The van der Waals surface area contributed by atoms with E-state index < -0.39 is 16.1 Å². The van der Waals surface area contributed by atoms with Crippen molar-refractivity contribution in [3.63, 3.8) is 0 Å². The lowest BCUT2D eigenvalue weighted by molar-refractivity contribution is 0.572. The molecule has 146 valence electrons. The fraction of sp³-hybridized carbons (Fsp3) is 0.0833. The van der Waals surface area contributed by atoms with Gasteiger partial charge in [-0.25, -0.2) is 8.42 Å². The minimum Gasteiger partial charge on any atom is -0.361 e. The number of H-pyrrole nitrogens is 1. The molecular weight excluding hydrogens is 380 g/mol. The van der Waals surface area contributed by atoms with Gasteiger partial charge in [0.25, 0.3) is 0 Å². The fourth-order valence-corrected chi connectivity index (χ4v) is 4.72. The number of rotatable bonds is 6. The second kappa shape index (κ2) is 7.70. The van der Waals surface area contributed by atoms with Crippen LogP contribution in [0.5, 0.6) is 0 Å². The van der Waals surface area contributed by atoms with Crippen molar-refractivity contribution in [3.8, 4) is 0 Å². The summed E-state index contributed by atoms with van der Waals surface area (Å²) in [7, 11) is -3.74. The van der Waals surface area contributed by atoms with Crippen LogP contribution in [0.15, 0.2) is 90.5 Å². The first-order valence-corrected chi connectivity index (χ1v) is 10.8. The first-order valence-electron chi connectivity index (χ1n) is 9.36. The van der Waals surface area contributed by atoms with Gasteiger partial charge in [0.15, 0.2) is 0 Å². The maximum atomic E-state index is 13.2. The molecule has 1 aromatic heterocycles. The quantitative estimate of drug-likeness (QED) is 0.466. The molecule has 4 rings (SSSR count). The topological polar surface area (TPSA) is 62.0 Å². The van der Waals surface area contributed by atoms with Crippen LogP contribution < -0.4 is 4.72 Å².